The van der Waals surface area contributed by atoms with E-state index in [1.165, 1.54) is 0 Å². The van der Waals surface area contributed by atoms with E-state index in [2.05, 4.69) is 17.6 Å². The molecule has 0 radical (unpaired) electrons. The zero-order valence-electron chi connectivity index (χ0n) is 12.4. The second kappa shape index (κ2) is 5.42. The smallest absolute Gasteiger partial charge is 0.325 e. The maximum Gasteiger partial charge on any atom is 0.325 e. The van der Waals surface area contributed by atoms with E-state index in [0.717, 1.165) is 36.5 Å². The summed E-state index contributed by atoms with van der Waals surface area (Å²) in [5, 5.41) is 5.49. The normalized spacial score (nSPS) is 29.2. The summed E-state index contributed by atoms with van der Waals surface area (Å²) in [6.45, 7) is 5.29. The lowest BCUT2D eigenvalue weighted by atomic mass is 9.87. The summed E-state index contributed by atoms with van der Waals surface area (Å²) in [4.78, 5) is 36.6. The van der Waals surface area contributed by atoms with Gasteiger partial charge in [0, 0.05) is 6.04 Å². The molecule has 1 aliphatic carbocycles. The van der Waals surface area contributed by atoms with Crippen LogP contribution in [0.15, 0.2) is 0 Å². The molecule has 0 bridgehead atoms. The van der Waals surface area contributed by atoms with E-state index in [4.69, 9.17) is 0 Å². The molecule has 2 aliphatic rings. The fourth-order valence-corrected chi connectivity index (χ4v) is 2.78. The average molecular weight is 281 g/mol. The molecule has 0 aromatic carbocycles. The highest BCUT2D eigenvalue weighted by molar-refractivity contribution is 6.08. The fourth-order valence-electron chi connectivity index (χ4n) is 2.78. The van der Waals surface area contributed by atoms with Crippen LogP contribution < -0.4 is 10.6 Å². The van der Waals surface area contributed by atoms with Crippen molar-refractivity contribution in [3.05, 3.63) is 0 Å². The lowest BCUT2D eigenvalue weighted by Gasteiger charge is -2.27. The van der Waals surface area contributed by atoms with Crippen molar-refractivity contribution in [3.63, 3.8) is 0 Å². The summed E-state index contributed by atoms with van der Waals surface area (Å²) in [6, 6.07) is -0.320. The molecular weight excluding hydrogens is 258 g/mol. The molecule has 1 aliphatic heterocycles. The third-order valence-corrected chi connectivity index (χ3v) is 4.13. The highest BCUT2D eigenvalue weighted by atomic mass is 16.2. The first-order valence-electron chi connectivity index (χ1n) is 7.23. The Labute approximate surface area is 119 Å². The molecule has 4 amide bonds. The van der Waals surface area contributed by atoms with Crippen molar-refractivity contribution < 1.29 is 14.4 Å². The van der Waals surface area contributed by atoms with Crippen molar-refractivity contribution >= 4 is 17.8 Å². The average Bonchev–Trinajstić information content (AvgIpc) is 2.55. The van der Waals surface area contributed by atoms with Crippen molar-refractivity contribution in [2.45, 2.75) is 58.0 Å². The number of amides is 4. The van der Waals surface area contributed by atoms with Crippen molar-refractivity contribution in [3.8, 4) is 0 Å². The summed E-state index contributed by atoms with van der Waals surface area (Å²) < 4.78 is 0. The minimum absolute atomic E-state index is 0.174. The van der Waals surface area contributed by atoms with Crippen LogP contribution >= 0.6 is 0 Å². The van der Waals surface area contributed by atoms with Crippen LogP contribution in [0.25, 0.3) is 0 Å². The van der Waals surface area contributed by atoms with E-state index in [9.17, 15) is 14.4 Å². The highest BCUT2D eigenvalue weighted by Crippen LogP contribution is 2.23. The molecule has 20 heavy (non-hydrogen) atoms. The van der Waals surface area contributed by atoms with Gasteiger partial charge in [0.05, 0.1) is 0 Å². The molecule has 2 N–H and O–H groups in total. The lowest BCUT2D eigenvalue weighted by Crippen LogP contribution is -2.46. The molecule has 0 unspecified atom stereocenters. The summed E-state index contributed by atoms with van der Waals surface area (Å²) in [6.07, 6.45) is 4.17. The zero-order valence-corrected chi connectivity index (χ0v) is 12.4. The van der Waals surface area contributed by atoms with Crippen molar-refractivity contribution in [1.82, 2.24) is 15.5 Å². The Balaban J connectivity index is 1.86. The Bertz CT molecular complexity index is 425. The number of carbonyl (C=O) groups is 3. The van der Waals surface area contributed by atoms with Crippen molar-refractivity contribution in [1.29, 1.82) is 0 Å². The third kappa shape index (κ3) is 3.11. The lowest BCUT2D eigenvalue weighted by molar-refractivity contribution is -0.134. The topological polar surface area (TPSA) is 78.5 Å². The van der Waals surface area contributed by atoms with Crippen LogP contribution in [0, 0.1) is 5.92 Å². The number of urea groups is 1. The maximum absolute atomic E-state index is 12.0. The Morgan fingerprint density at radius 2 is 1.90 bits per heavy atom. The monoisotopic (exact) mass is 281 g/mol. The Morgan fingerprint density at radius 1 is 1.30 bits per heavy atom. The van der Waals surface area contributed by atoms with Gasteiger partial charge in [0.15, 0.2) is 0 Å². The van der Waals surface area contributed by atoms with Gasteiger partial charge in [-0.3, -0.25) is 14.5 Å². The fraction of sp³-hybridized carbons (Fsp3) is 0.786. The number of imide groups is 1. The quantitative estimate of drug-likeness (QED) is 0.758. The maximum atomic E-state index is 12.0. The molecule has 2 fully saturated rings. The van der Waals surface area contributed by atoms with E-state index >= 15 is 0 Å². The molecule has 1 saturated carbocycles. The van der Waals surface area contributed by atoms with Crippen LogP contribution in [0.1, 0.15) is 46.5 Å². The predicted molar refractivity (Wildman–Crippen MR) is 73.9 cm³/mol. The molecule has 0 aromatic heterocycles. The zero-order chi connectivity index (χ0) is 14.9. The minimum atomic E-state index is -0.919. The molecular formula is C14H23N3O3. The molecule has 6 heteroatoms. The van der Waals surface area contributed by atoms with Gasteiger partial charge in [-0.1, -0.05) is 6.92 Å². The Kier molecular flexibility index (Phi) is 4.01. The molecule has 0 aromatic rings. The van der Waals surface area contributed by atoms with E-state index in [-0.39, 0.29) is 24.4 Å². The SMILES string of the molecule is CC1CCC(NC(=O)CN2C(=O)NC(C)(C)C2=O)CC1. The van der Waals surface area contributed by atoms with Gasteiger partial charge in [0.1, 0.15) is 12.1 Å². The second-order valence-electron chi connectivity index (χ2n) is 6.47. The van der Waals surface area contributed by atoms with Crippen LogP contribution in [-0.2, 0) is 9.59 Å². The van der Waals surface area contributed by atoms with Crippen molar-refractivity contribution in [2.75, 3.05) is 6.54 Å². The number of nitrogens with zero attached hydrogens (tertiary/aromatic N) is 1. The second-order valence-corrected chi connectivity index (χ2v) is 6.47. The van der Waals surface area contributed by atoms with E-state index < -0.39 is 11.6 Å². The number of rotatable bonds is 3. The van der Waals surface area contributed by atoms with E-state index in [0.29, 0.717) is 0 Å². The molecule has 6 nitrogen and oxygen atoms in total. The molecule has 1 saturated heterocycles. The van der Waals surface area contributed by atoms with Gasteiger partial charge < -0.3 is 10.6 Å². The first-order chi connectivity index (χ1) is 9.29. The summed E-state index contributed by atoms with van der Waals surface area (Å²) >= 11 is 0. The summed E-state index contributed by atoms with van der Waals surface area (Å²) in [5.41, 5.74) is -0.919. The van der Waals surface area contributed by atoms with Gasteiger partial charge in [-0.25, -0.2) is 4.79 Å². The molecule has 112 valence electrons. The number of hydrogen-bond acceptors (Lipinski definition) is 3. The largest absolute Gasteiger partial charge is 0.352 e. The first-order valence-corrected chi connectivity index (χ1v) is 7.23. The predicted octanol–water partition coefficient (Wildman–Crippen LogP) is 1.01. The number of hydrogen-bond donors (Lipinski definition) is 2. The van der Waals surface area contributed by atoms with Crippen LogP contribution in [-0.4, -0.2) is 40.9 Å². The molecule has 1 heterocycles. The van der Waals surface area contributed by atoms with Gasteiger partial charge >= 0.3 is 6.03 Å². The van der Waals surface area contributed by atoms with Crippen molar-refractivity contribution in [2.24, 2.45) is 5.92 Å². The standard InChI is InChI=1S/C14H23N3O3/c1-9-4-6-10(7-5-9)15-11(18)8-17-12(19)14(2,3)16-13(17)20/h9-10H,4-8H2,1-3H3,(H,15,18)(H,16,20). The van der Waals surface area contributed by atoms with Crippen LogP contribution in [0.2, 0.25) is 0 Å². The summed E-state index contributed by atoms with van der Waals surface area (Å²) in [5.74, 6) is 0.107. The molecule has 0 atom stereocenters. The highest BCUT2D eigenvalue weighted by Gasteiger charge is 2.44. The van der Waals surface area contributed by atoms with Crippen LogP contribution in [0.5, 0.6) is 0 Å². The number of carbonyl (C=O) groups excluding carboxylic acids is 3. The Hall–Kier alpha value is -1.59. The van der Waals surface area contributed by atoms with Crippen LogP contribution in [0.4, 0.5) is 4.79 Å². The molecule has 0 spiro atoms. The van der Waals surface area contributed by atoms with Gasteiger partial charge in [0.2, 0.25) is 5.91 Å². The first kappa shape index (κ1) is 14.8. The minimum Gasteiger partial charge on any atom is -0.352 e. The van der Waals surface area contributed by atoms with E-state index in [1.54, 1.807) is 13.8 Å². The third-order valence-electron chi connectivity index (χ3n) is 4.13. The Morgan fingerprint density at radius 3 is 2.40 bits per heavy atom. The van der Waals surface area contributed by atoms with Gasteiger partial charge in [-0.05, 0) is 45.4 Å². The van der Waals surface area contributed by atoms with Crippen LogP contribution in [0.3, 0.4) is 0 Å². The van der Waals surface area contributed by atoms with Gasteiger partial charge in [0.25, 0.3) is 5.91 Å². The van der Waals surface area contributed by atoms with E-state index in [1.807, 2.05) is 0 Å². The van der Waals surface area contributed by atoms with Gasteiger partial charge in [-0.2, -0.15) is 0 Å². The number of nitrogens with one attached hydrogen (secondary N) is 2. The van der Waals surface area contributed by atoms with Gasteiger partial charge in [-0.15, -0.1) is 0 Å². The molecule has 2 rings (SSSR count). The summed E-state index contributed by atoms with van der Waals surface area (Å²) in [7, 11) is 0.